The van der Waals surface area contributed by atoms with Crippen molar-refractivity contribution in [3.05, 3.63) is 0 Å². The van der Waals surface area contributed by atoms with Gasteiger partial charge in [-0.05, 0) is 51.2 Å². The van der Waals surface area contributed by atoms with Crippen molar-refractivity contribution in [3.8, 4) is 0 Å². The number of amides is 1. The third-order valence-corrected chi connectivity index (χ3v) is 4.41. The summed E-state index contributed by atoms with van der Waals surface area (Å²) in [5, 5.41) is 3.51. The lowest BCUT2D eigenvalue weighted by atomic mass is 9.90. The SMILES string of the molecule is CN(C)C(=O)CCN1CCCC1C1CCCNC1. The number of nitrogens with one attached hydrogen (secondary N) is 1. The Balaban J connectivity index is 1.81. The zero-order valence-electron chi connectivity index (χ0n) is 11.8. The number of carbonyl (C=O) groups is 1. The van der Waals surface area contributed by atoms with E-state index in [-0.39, 0.29) is 5.91 Å². The van der Waals surface area contributed by atoms with Crippen molar-refractivity contribution >= 4 is 5.91 Å². The number of piperidine rings is 1. The summed E-state index contributed by atoms with van der Waals surface area (Å²) in [7, 11) is 3.68. The predicted octanol–water partition coefficient (Wildman–Crippen LogP) is 0.929. The Morgan fingerprint density at radius 3 is 2.83 bits per heavy atom. The molecule has 4 nitrogen and oxygen atoms in total. The van der Waals surface area contributed by atoms with Crippen LogP contribution in [-0.4, -0.2) is 62.0 Å². The molecular formula is C14H27N3O. The molecular weight excluding hydrogens is 226 g/mol. The maximum absolute atomic E-state index is 11.7. The number of rotatable bonds is 4. The van der Waals surface area contributed by atoms with Crippen LogP contribution in [0.2, 0.25) is 0 Å². The summed E-state index contributed by atoms with van der Waals surface area (Å²) in [6.07, 6.45) is 5.96. The monoisotopic (exact) mass is 253 g/mol. The Kier molecular flexibility index (Phi) is 5.01. The highest BCUT2D eigenvalue weighted by Crippen LogP contribution is 2.28. The average Bonchev–Trinajstić information content (AvgIpc) is 2.85. The maximum Gasteiger partial charge on any atom is 0.223 e. The Morgan fingerprint density at radius 1 is 1.33 bits per heavy atom. The first-order chi connectivity index (χ1) is 8.68. The standard InChI is InChI=1S/C14H27N3O/c1-16(2)14(18)7-10-17-9-4-6-13(17)12-5-3-8-15-11-12/h12-13,15H,3-11H2,1-2H3. The van der Waals surface area contributed by atoms with Crippen molar-refractivity contribution in [1.82, 2.24) is 15.1 Å². The third-order valence-electron chi connectivity index (χ3n) is 4.41. The van der Waals surface area contributed by atoms with E-state index in [0.29, 0.717) is 12.5 Å². The normalized spacial score (nSPS) is 29.4. The molecule has 2 aliphatic rings. The number of hydrogen-bond donors (Lipinski definition) is 1. The molecule has 2 unspecified atom stereocenters. The van der Waals surface area contributed by atoms with E-state index in [1.54, 1.807) is 4.90 Å². The molecule has 0 bridgehead atoms. The Labute approximate surface area is 111 Å². The first-order valence-electron chi connectivity index (χ1n) is 7.33. The summed E-state index contributed by atoms with van der Waals surface area (Å²) >= 11 is 0. The van der Waals surface area contributed by atoms with Crippen molar-refractivity contribution in [2.75, 3.05) is 40.3 Å². The second kappa shape index (κ2) is 6.53. The summed E-state index contributed by atoms with van der Waals surface area (Å²) in [5.74, 6) is 1.05. The molecule has 0 saturated carbocycles. The van der Waals surface area contributed by atoms with Gasteiger partial charge in [-0.1, -0.05) is 0 Å². The zero-order chi connectivity index (χ0) is 13.0. The van der Waals surface area contributed by atoms with Gasteiger partial charge in [0.05, 0.1) is 0 Å². The van der Waals surface area contributed by atoms with Gasteiger partial charge in [0.2, 0.25) is 5.91 Å². The van der Waals surface area contributed by atoms with E-state index in [1.807, 2.05) is 14.1 Å². The fourth-order valence-electron chi connectivity index (χ4n) is 3.33. The summed E-state index contributed by atoms with van der Waals surface area (Å²) in [6.45, 7) is 4.48. The molecule has 0 spiro atoms. The fourth-order valence-corrected chi connectivity index (χ4v) is 3.33. The summed E-state index contributed by atoms with van der Waals surface area (Å²) in [5.41, 5.74) is 0. The van der Waals surface area contributed by atoms with Crippen LogP contribution in [0.3, 0.4) is 0 Å². The van der Waals surface area contributed by atoms with Gasteiger partial charge in [0, 0.05) is 33.1 Å². The molecule has 1 amide bonds. The average molecular weight is 253 g/mol. The van der Waals surface area contributed by atoms with Crippen molar-refractivity contribution in [2.24, 2.45) is 5.92 Å². The van der Waals surface area contributed by atoms with Crippen LogP contribution in [0.25, 0.3) is 0 Å². The molecule has 2 rings (SSSR count). The van der Waals surface area contributed by atoms with Gasteiger partial charge in [0.15, 0.2) is 0 Å². The summed E-state index contributed by atoms with van der Waals surface area (Å²) in [6, 6.07) is 0.716. The van der Waals surface area contributed by atoms with Gasteiger partial charge in [-0.25, -0.2) is 0 Å². The van der Waals surface area contributed by atoms with Gasteiger partial charge in [0.25, 0.3) is 0 Å². The quantitative estimate of drug-likeness (QED) is 0.809. The van der Waals surface area contributed by atoms with E-state index in [0.717, 1.165) is 12.5 Å². The molecule has 4 heteroatoms. The molecule has 2 saturated heterocycles. The minimum absolute atomic E-state index is 0.252. The fraction of sp³-hybridized carbons (Fsp3) is 0.929. The van der Waals surface area contributed by atoms with Crippen molar-refractivity contribution < 1.29 is 4.79 Å². The van der Waals surface area contributed by atoms with Gasteiger partial charge < -0.3 is 10.2 Å². The summed E-state index contributed by atoms with van der Waals surface area (Å²) in [4.78, 5) is 15.9. The first kappa shape index (κ1) is 13.8. The highest BCUT2D eigenvalue weighted by Gasteiger charge is 2.32. The Morgan fingerprint density at radius 2 is 2.17 bits per heavy atom. The van der Waals surface area contributed by atoms with Crippen LogP contribution < -0.4 is 5.32 Å². The van der Waals surface area contributed by atoms with E-state index in [1.165, 1.54) is 45.3 Å². The molecule has 0 aromatic rings. The number of nitrogens with zero attached hydrogens (tertiary/aromatic N) is 2. The van der Waals surface area contributed by atoms with Crippen molar-refractivity contribution in [3.63, 3.8) is 0 Å². The maximum atomic E-state index is 11.7. The minimum Gasteiger partial charge on any atom is -0.349 e. The molecule has 2 heterocycles. The summed E-state index contributed by atoms with van der Waals surface area (Å²) < 4.78 is 0. The lowest BCUT2D eigenvalue weighted by Gasteiger charge is -2.34. The van der Waals surface area contributed by atoms with Crippen LogP contribution in [0.1, 0.15) is 32.1 Å². The van der Waals surface area contributed by atoms with Crippen LogP contribution in [0.4, 0.5) is 0 Å². The largest absolute Gasteiger partial charge is 0.349 e. The molecule has 0 radical (unpaired) electrons. The van der Waals surface area contributed by atoms with Crippen LogP contribution in [0, 0.1) is 5.92 Å². The van der Waals surface area contributed by atoms with Gasteiger partial charge >= 0.3 is 0 Å². The molecule has 2 atom stereocenters. The number of carbonyl (C=O) groups excluding carboxylic acids is 1. The number of hydrogen-bond acceptors (Lipinski definition) is 3. The molecule has 18 heavy (non-hydrogen) atoms. The lowest BCUT2D eigenvalue weighted by molar-refractivity contribution is -0.129. The van der Waals surface area contributed by atoms with E-state index in [4.69, 9.17) is 0 Å². The van der Waals surface area contributed by atoms with E-state index in [2.05, 4.69) is 10.2 Å². The van der Waals surface area contributed by atoms with Crippen LogP contribution >= 0.6 is 0 Å². The second-order valence-electron chi connectivity index (χ2n) is 5.89. The molecule has 2 fully saturated rings. The van der Waals surface area contributed by atoms with Gasteiger partial charge in [-0.3, -0.25) is 9.69 Å². The van der Waals surface area contributed by atoms with Crippen LogP contribution in [0.15, 0.2) is 0 Å². The third kappa shape index (κ3) is 3.45. The highest BCUT2D eigenvalue weighted by molar-refractivity contribution is 5.75. The van der Waals surface area contributed by atoms with E-state index in [9.17, 15) is 4.79 Å². The molecule has 1 N–H and O–H groups in total. The molecule has 0 aliphatic carbocycles. The zero-order valence-corrected chi connectivity index (χ0v) is 11.8. The molecule has 104 valence electrons. The lowest BCUT2D eigenvalue weighted by Crippen LogP contribution is -2.44. The number of likely N-dealkylation sites (tertiary alicyclic amines) is 1. The molecule has 0 aromatic carbocycles. The van der Waals surface area contributed by atoms with Gasteiger partial charge in [-0.15, -0.1) is 0 Å². The van der Waals surface area contributed by atoms with E-state index >= 15 is 0 Å². The highest BCUT2D eigenvalue weighted by atomic mass is 16.2. The molecule has 2 aliphatic heterocycles. The Hall–Kier alpha value is -0.610. The molecule has 0 aromatic heterocycles. The van der Waals surface area contributed by atoms with Crippen LogP contribution in [-0.2, 0) is 4.79 Å². The van der Waals surface area contributed by atoms with Crippen molar-refractivity contribution in [1.29, 1.82) is 0 Å². The van der Waals surface area contributed by atoms with Crippen LogP contribution in [0.5, 0.6) is 0 Å². The topological polar surface area (TPSA) is 35.6 Å². The smallest absolute Gasteiger partial charge is 0.223 e. The Bertz CT molecular complexity index is 274. The predicted molar refractivity (Wildman–Crippen MR) is 73.5 cm³/mol. The first-order valence-corrected chi connectivity index (χ1v) is 7.33. The second-order valence-corrected chi connectivity index (χ2v) is 5.89. The minimum atomic E-state index is 0.252. The van der Waals surface area contributed by atoms with Gasteiger partial charge in [0.1, 0.15) is 0 Å². The van der Waals surface area contributed by atoms with E-state index < -0.39 is 0 Å². The van der Waals surface area contributed by atoms with Gasteiger partial charge in [-0.2, -0.15) is 0 Å². The van der Waals surface area contributed by atoms with Crippen molar-refractivity contribution in [2.45, 2.75) is 38.1 Å².